The number of aromatic amines is 1. The first-order valence-electron chi connectivity index (χ1n) is 9.13. The SMILES string of the molecule is CNC(=O)c1[nH]c2ccccc2c1NC(=O)c1cc(C(F)(F)F)nn1-c1ncccc1Cl. The third kappa shape index (κ3) is 3.78. The number of hydrogen-bond acceptors (Lipinski definition) is 4. The minimum Gasteiger partial charge on any atom is -0.354 e. The molecule has 0 saturated carbocycles. The van der Waals surface area contributed by atoms with Gasteiger partial charge in [0.2, 0.25) is 0 Å². The number of benzene rings is 1. The van der Waals surface area contributed by atoms with E-state index in [0.29, 0.717) is 17.0 Å². The molecule has 3 aromatic heterocycles. The molecule has 3 N–H and O–H groups in total. The molecule has 0 spiro atoms. The number of fused-ring (bicyclic) bond motifs is 1. The first-order chi connectivity index (χ1) is 15.2. The van der Waals surface area contributed by atoms with E-state index >= 15 is 0 Å². The number of H-pyrrole nitrogens is 1. The second-order valence-corrected chi connectivity index (χ2v) is 6.99. The lowest BCUT2D eigenvalue weighted by Gasteiger charge is -2.09. The van der Waals surface area contributed by atoms with E-state index in [-0.39, 0.29) is 22.2 Å². The maximum Gasteiger partial charge on any atom is 0.435 e. The van der Waals surface area contributed by atoms with Crippen molar-refractivity contribution in [1.82, 2.24) is 25.1 Å². The highest BCUT2D eigenvalue weighted by atomic mass is 35.5. The number of para-hydroxylation sites is 1. The van der Waals surface area contributed by atoms with Gasteiger partial charge in [-0.1, -0.05) is 29.8 Å². The van der Waals surface area contributed by atoms with Crippen molar-refractivity contribution in [1.29, 1.82) is 0 Å². The molecule has 32 heavy (non-hydrogen) atoms. The van der Waals surface area contributed by atoms with Crippen molar-refractivity contribution in [2.75, 3.05) is 12.4 Å². The van der Waals surface area contributed by atoms with E-state index in [1.54, 1.807) is 24.3 Å². The molecule has 12 heteroatoms. The number of alkyl halides is 3. The van der Waals surface area contributed by atoms with Gasteiger partial charge in [-0.2, -0.15) is 18.3 Å². The molecule has 0 atom stereocenters. The minimum atomic E-state index is -4.81. The van der Waals surface area contributed by atoms with Crippen molar-refractivity contribution in [3.05, 3.63) is 70.8 Å². The lowest BCUT2D eigenvalue weighted by molar-refractivity contribution is -0.141. The van der Waals surface area contributed by atoms with Gasteiger partial charge in [-0.3, -0.25) is 9.59 Å². The molecule has 0 radical (unpaired) electrons. The van der Waals surface area contributed by atoms with E-state index in [9.17, 15) is 22.8 Å². The monoisotopic (exact) mass is 462 g/mol. The Hall–Kier alpha value is -3.86. The topological polar surface area (TPSA) is 105 Å². The lowest BCUT2D eigenvalue weighted by atomic mass is 10.2. The van der Waals surface area contributed by atoms with E-state index in [0.717, 1.165) is 4.68 Å². The minimum absolute atomic E-state index is 0.00322. The number of carbonyl (C=O) groups is 2. The summed E-state index contributed by atoms with van der Waals surface area (Å²) >= 11 is 6.07. The maximum absolute atomic E-state index is 13.3. The fourth-order valence-corrected chi connectivity index (χ4v) is 3.32. The van der Waals surface area contributed by atoms with E-state index in [1.165, 1.54) is 25.4 Å². The van der Waals surface area contributed by atoms with Crippen LogP contribution in [-0.4, -0.2) is 38.6 Å². The number of nitrogens with zero attached hydrogens (tertiary/aromatic N) is 3. The molecule has 0 aliphatic carbocycles. The highest BCUT2D eigenvalue weighted by Crippen LogP contribution is 2.32. The molecule has 4 aromatic rings. The summed E-state index contributed by atoms with van der Waals surface area (Å²) in [6, 6.07) is 10.3. The molecule has 0 unspecified atom stereocenters. The maximum atomic E-state index is 13.3. The van der Waals surface area contributed by atoms with Crippen LogP contribution >= 0.6 is 11.6 Å². The number of amides is 2. The summed E-state index contributed by atoms with van der Waals surface area (Å²) in [4.78, 5) is 32.2. The average molecular weight is 463 g/mol. The Balaban J connectivity index is 1.84. The first-order valence-corrected chi connectivity index (χ1v) is 9.50. The summed E-state index contributed by atoms with van der Waals surface area (Å²) in [7, 11) is 1.41. The Morgan fingerprint density at radius 2 is 1.88 bits per heavy atom. The predicted molar refractivity (Wildman–Crippen MR) is 111 cm³/mol. The van der Waals surface area contributed by atoms with Gasteiger partial charge < -0.3 is 15.6 Å². The third-order valence-electron chi connectivity index (χ3n) is 4.57. The standard InChI is InChI=1S/C20H14ClF3N6O2/c1-25-19(32)16-15(10-5-2-3-7-12(10)27-16)28-18(31)13-9-14(20(22,23)24)29-30(13)17-11(21)6-4-8-26-17/h2-9,27H,1H3,(H,25,32)(H,28,31). The number of rotatable bonds is 4. The van der Waals surface area contributed by atoms with E-state index < -0.39 is 29.4 Å². The number of pyridine rings is 1. The Bertz CT molecular complexity index is 1340. The van der Waals surface area contributed by atoms with Gasteiger partial charge in [0, 0.05) is 30.2 Å². The Labute approximate surface area is 183 Å². The number of nitrogens with one attached hydrogen (secondary N) is 3. The summed E-state index contributed by atoms with van der Waals surface area (Å²) in [6.45, 7) is 0. The van der Waals surface area contributed by atoms with Crippen LogP contribution in [0.2, 0.25) is 5.02 Å². The van der Waals surface area contributed by atoms with Crippen molar-refractivity contribution in [2.45, 2.75) is 6.18 Å². The van der Waals surface area contributed by atoms with Gasteiger partial charge in [0.25, 0.3) is 11.8 Å². The summed E-state index contributed by atoms with van der Waals surface area (Å²) in [6.07, 6.45) is -3.50. The molecule has 0 fully saturated rings. The van der Waals surface area contributed by atoms with Gasteiger partial charge in [0.1, 0.15) is 11.4 Å². The van der Waals surface area contributed by atoms with Gasteiger partial charge in [0.05, 0.1) is 10.7 Å². The second-order valence-electron chi connectivity index (χ2n) is 6.59. The summed E-state index contributed by atoms with van der Waals surface area (Å²) in [5.41, 5.74) is -1.06. The number of hydrogen-bond donors (Lipinski definition) is 3. The van der Waals surface area contributed by atoms with Crippen LogP contribution in [0, 0.1) is 0 Å². The van der Waals surface area contributed by atoms with Crippen molar-refractivity contribution in [3.63, 3.8) is 0 Å². The Morgan fingerprint density at radius 3 is 2.56 bits per heavy atom. The largest absolute Gasteiger partial charge is 0.435 e. The normalized spacial score (nSPS) is 11.5. The smallest absolute Gasteiger partial charge is 0.354 e. The second kappa shape index (κ2) is 8.00. The van der Waals surface area contributed by atoms with Crippen LogP contribution in [0.3, 0.4) is 0 Å². The summed E-state index contributed by atoms with van der Waals surface area (Å²) < 4.78 is 40.7. The molecule has 1 aromatic carbocycles. The van der Waals surface area contributed by atoms with Crippen molar-refractivity contribution >= 4 is 40.0 Å². The molecular weight excluding hydrogens is 449 g/mol. The highest BCUT2D eigenvalue weighted by Gasteiger charge is 2.37. The zero-order valence-electron chi connectivity index (χ0n) is 16.3. The lowest BCUT2D eigenvalue weighted by Crippen LogP contribution is -2.22. The molecule has 0 aliphatic rings. The summed E-state index contributed by atoms with van der Waals surface area (Å²) in [5, 5.41) is 8.97. The van der Waals surface area contributed by atoms with Crippen LogP contribution in [0.4, 0.5) is 18.9 Å². The van der Waals surface area contributed by atoms with Crippen LogP contribution < -0.4 is 10.6 Å². The van der Waals surface area contributed by atoms with Gasteiger partial charge in [-0.15, -0.1) is 0 Å². The van der Waals surface area contributed by atoms with Crippen LogP contribution in [-0.2, 0) is 6.18 Å². The number of carbonyl (C=O) groups excluding carboxylic acids is 2. The molecule has 2 amide bonds. The molecule has 8 nitrogen and oxygen atoms in total. The van der Waals surface area contributed by atoms with Crippen LogP contribution in [0.5, 0.6) is 0 Å². The van der Waals surface area contributed by atoms with Crippen LogP contribution in [0.1, 0.15) is 26.7 Å². The molecule has 0 saturated heterocycles. The molecular formula is C20H14ClF3N6O2. The molecule has 4 rings (SSSR count). The quantitative estimate of drug-likeness (QED) is 0.426. The van der Waals surface area contributed by atoms with Gasteiger partial charge in [0.15, 0.2) is 11.5 Å². The molecule has 164 valence electrons. The molecule has 3 heterocycles. The van der Waals surface area contributed by atoms with E-state index in [4.69, 9.17) is 11.6 Å². The van der Waals surface area contributed by atoms with Gasteiger partial charge >= 0.3 is 6.18 Å². The molecule has 0 bridgehead atoms. The van der Waals surface area contributed by atoms with Crippen LogP contribution in [0.15, 0.2) is 48.7 Å². The zero-order valence-corrected chi connectivity index (χ0v) is 17.0. The predicted octanol–water partition coefficient (Wildman–Crippen LogP) is 4.03. The number of aromatic nitrogens is 4. The fraction of sp³-hybridized carbons (Fsp3) is 0.100. The first kappa shape index (κ1) is 21.4. The zero-order chi connectivity index (χ0) is 23.0. The number of halogens is 4. The van der Waals surface area contributed by atoms with Crippen molar-refractivity contribution in [3.8, 4) is 5.82 Å². The Morgan fingerprint density at radius 1 is 1.12 bits per heavy atom. The fourth-order valence-electron chi connectivity index (χ4n) is 3.12. The van der Waals surface area contributed by atoms with Crippen molar-refractivity contribution < 1.29 is 22.8 Å². The Kier molecular flexibility index (Phi) is 5.35. The summed E-state index contributed by atoms with van der Waals surface area (Å²) in [5.74, 6) is -1.61. The van der Waals surface area contributed by atoms with Crippen LogP contribution in [0.25, 0.3) is 16.7 Å². The van der Waals surface area contributed by atoms with E-state index in [2.05, 4.69) is 25.7 Å². The number of anilines is 1. The van der Waals surface area contributed by atoms with E-state index in [1.807, 2.05) is 0 Å². The third-order valence-corrected chi connectivity index (χ3v) is 4.87. The average Bonchev–Trinajstić information content (AvgIpc) is 3.36. The van der Waals surface area contributed by atoms with Gasteiger partial charge in [-0.25, -0.2) is 9.67 Å². The van der Waals surface area contributed by atoms with Crippen molar-refractivity contribution in [2.24, 2.45) is 0 Å². The van der Waals surface area contributed by atoms with Gasteiger partial charge in [-0.05, 0) is 18.2 Å². The molecule has 0 aliphatic heterocycles. The highest BCUT2D eigenvalue weighted by molar-refractivity contribution is 6.32.